The lowest BCUT2D eigenvalue weighted by atomic mass is 9.49. The second-order valence-electron chi connectivity index (χ2n) is 7.41. The molecule has 0 radical (unpaired) electrons. The number of aryl methyl sites for hydroxylation is 1. The van der Waals surface area contributed by atoms with Gasteiger partial charge in [0.05, 0.1) is 13.2 Å². The number of ether oxygens (including phenoxy) is 1. The van der Waals surface area contributed by atoms with Gasteiger partial charge in [0.15, 0.2) is 0 Å². The Balaban J connectivity index is 2.07. The summed E-state index contributed by atoms with van der Waals surface area (Å²) < 4.78 is 5.37. The molecule has 20 heavy (non-hydrogen) atoms. The Morgan fingerprint density at radius 3 is 2.65 bits per heavy atom. The Morgan fingerprint density at radius 1 is 1.20 bits per heavy atom. The second kappa shape index (κ2) is 4.49. The van der Waals surface area contributed by atoms with Gasteiger partial charge < -0.3 is 9.84 Å². The number of benzene rings is 1. The van der Waals surface area contributed by atoms with Gasteiger partial charge in [-0.05, 0) is 65.7 Å². The number of aliphatic hydroxyl groups is 1. The lowest BCUT2D eigenvalue weighted by Crippen LogP contribution is -2.53. The molecule has 1 fully saturated rings. The summed E-state index contributed by atoms with van der Waals surface area (Å²) in [5, 5.41) is 10.4. The second-order valence-corrected chi connectivity index (χ2v) is 7.41. The van der Waals surface area contributed by atoms with Gasteiger partial charge in [-0.3, -0.25) is 0 Å². The van der Waals surface area contributed by atoms with E-state index in [0.29, 0.717) is 5.92 Å². The number of aliphatic hydroxyl groups excluding tert-OH is 1. The van der Waals surface area contributed by atoms with Crippen LogP contribution in [-0.4, -0.2) is 18.3 Å². The Kier molecular flexibility index (Phi) is 3.13. The highest BCUT2D eigenvalue weighted by atomic mass is 16.5. The van der Waals surface area contributed by atoms with Crippen molar-refractivity contribution in [3.63, 3.8) is 0 Å². The van der Waals surface area contributed by atoms with Gasteiger partial charge in [0.1, 0.15) is 5.75 Å². The van der Waals surface area contributed by atoms with E-state index in [1.165, 1.54) is 17.5 Å². The maximum absolute atomic E-state index is 10.4. The molecule has 0 aliphatic heterocycles. The molecule has 0 spiro atoms. The minimum Gasteiger partial charge on any atom is -0.497 e. The molecule has 1 N–H and O–H groups in total. The minimum absolute atomic E-state index is 0.00458. The predicted octanol–water partition coefficient (Wildman–Crippen LogP) is 3.70. The quantitative estimate of drug-likeness (QED) is 0.846. The fourth-order valence-corrected chi connectivity index (χ4v) is 4.81. The molecule has 0 saturated heterocycles. The molecule has 3 unspecified atom stereocenters. The monoisotopic (exact) mass is 274 g/mol. The lowest BCUT2D eigenvalue weighted by molar-refractivity contribution is -0.0731. The Morgan fingerprint density at radius 2 is 1.95 bits per heavy atom. The van der Waals surface area contributed by atoms with Crippen molar-refractivity contribution in [1.29, 1.82) is 0 Å². The summed E-state index contributed by atoms with van der Waals surface area (Å²) in [6.07, 6.45) is 4.09. The summed E-state index contributed by atoms with van der Waals surface area (Å²) in [4.78, 5) is 0. The van der Waals surface area contributed by atoms with Gasteiger partial charge in [-0.25, -0.2) is 0 Å². The summed E-state index contributed by atoms with van der Waals surface area (Å²) in [6, 6.07) is 6.55. The van der Waals surface area contributed by atoms with E-state index in [2.05, 4.69) is 39.0 Å². The standard InChI is InChI=1S/C18H26O2/c1-17(2)15-8-5-12-11-13(20-4)6-7-14(12)18(15,3)10-9-16(17)19/h6-7,11,15-16,19H,5,8-10H2,1-4H3. The van der Waals surface area contributed by atoms with Gasteiger partial charge >= 0.3 is 0 Å². The van der Waals surface area contributed by atoms with Crippen molar-refractivity contribution >= 4 is 0 Å². The van der Waals surface area contributed by atoms with Crippen LogP contribution in [0.15, 0.2) is 18.2 Å². The van der Waals surface area contributed by atoms with Crippen molar-refractivity contribution in [2.45, 2.75) is 58.0 Å². The third-order valence-corrected chi connectivity index (χ3v) is 6.09. The molecule has 1 aromatic rings. The van der Waals surface area contributed by atoms with Crippen LogP contribution in [-0.2, 0) is 11.8 Å². The van der Waals surface area contributed by atoms with Gasteiger partial charge in [-0.15, -0.1) is 0 Å². The first-order chi connectivity index (χ1) is 9.39. The van der Waals surface area contributed by atoms with Crippen molar-refractivity contribution in [2.75, 3.05) is 7.11 Å². The molecule has 2 nitrogen and oxygen atoms in total. The summed E-state index contributed by atoms with van der Waals surface area (Å²) >= 11 is 0. The zero-order valence-electron chi connectivity index (χ0n) is 13.1. The lowest BCUT2D eigenvalue weighted by Gasteiger charge is -2.56. The third kappa shape index (κ3) is 1.81. The maximum Gasteiger partial charge on any atom is 0.119 e. The zero-order chi connectivity index (χ0) is 14.5. The van der Waals surface area contributed by atoms with Crippen molar-refractivity contribution in [2.24, 2.45) is 11.3 Å². The third-order valence-electron chi connectivity index (χ3n) is 6.09. The first kappa shape index (κ1) is 13.9. The van der Waals surface area contributed by atoms with E-state index in [4.69, 9.17) is 4.74 Å². The van der Waals surface area contributed by atoms with Crippen molar-refractivity contribution in [3.05, 3.63) is 29.3 Å². The van der Waals surface area contributed by atoms with Crippen LogP contribution in [0.25, 0.3) is 0 Å². The molecular weight excluding hydrogens is 248 g/mol. The predicted molar refractivity (Wildman–Crippen MR) is 81.2 cm³/mol. The molecule has 0 amide bonds. The first-order valence-corrected chi connectivity index (χ1v) is 7.75. The number of methoxy groups -OCH3 is 1. The average molecular weight is 274 g/mol. The summed E-state index contributed by atoms with van der Waals surface area (Å²) in [7, 11) is 1.73. The van der Waals surface area contributed by atoms with Crippen LogP contribution in [0.2, 0.25) is 0 Å². The van der Waals surface area contributed by atoms with Gasteiger partial charge in [0.2, 0.25) is 0 Å². The van der Waals surface area contributed by atoms with E-state index in [9.17, 15) is 5.11 Å². The smallest absolute Gasteiger partial charge is 0.119 e. The Hall–Kier alpha value is -1.02. The number of rotatable bonds is 1. The van der Waals surface area contributed by atoms with E-state index in [1.54, 1.807) is 7.11 Å². The van der Waals surface area contributed by atoms with Gasteiger partial charge in [0.25, 0.3) is 0 Å². The summed E-state index contributed by atoms with van der Waals surface area (Å²) in [5.41, 5.74) is 3.12. The molecule has 3 atom stereocenters. The molecule has 110 valence electrons. The van der Waals surface area contributed by atoms with Crippen LogP contribution >= 0.6 is 0 Å². The fourth-order valence-electron chi connectivity index (χ4n) is 4.81. The normalized spacial score (nSPS) is 35.0. The molecule has 2 aliphatic carbocycles. The molecule has 1 aromatic carbocycles. The molecular formula is C18H26O2. The van der Waals surface area contributed by atoms with Crippen molar-refractivity contribution < 1.29 is 9.84 Å². The molecule has 3 rings (SSSR count). The summed E-state index contributed by atoms with van der Waals surface area (Å²) in [5.74, 6) is 1.51. The van der Waals surface area contributed by atoms with E-state index >= 15 is 0 Å². The van der Waals surface area contributed by atoms with Crippen molar-refractivity contribution in [3.8, 4) is 5.75 Å². The number of fused-ring (bicyclic) bond motifs is 3. The van der Waals surface area contributed by atoms with E-state index in [-0.39, 0.29) is 16.9 Å². The average Bonchev–Trinajstić information content (AvgIpc) is 2.43. The maximum atomic E-state index is 10.4. The topological polar surface area (TPSA) is 29.5 Å². The highest BCUT2D eigenvalue weighted by Gasteiger charge is 2.53. The highest BCUT2D eigenvalue weighted by molar-refractivity contribution is 5.43. The van der Waals surface area contributed by atoms with Gasteiger partial charge in [-0.2, -0.15) is 0 Å². The molecule has 0 aromatic heterocycles. The fraction of sp³-hybridized carbons (Fsp3) is 0.667. The van der Waals surface area contributed by atoms with Crippen LogP contribution in [0, 0.1) is 11.3 Å². The van der Waals surface area contributed by atoms with Crippen molar-refractivity contribution in [1.82, 2.24) is 0 Å². The first-order valence-electron chi connectivity index (χ1n) is 7.75. The van der Waals surface area contributed by atoms with Crippen LogP contribution in [0.4, 0.5) is 0 Å². The zero-order valence-corrected chi connectivity index (χ0v) is 13.1. The van der Waals surface area contributed by atoms with Gasteiger partial charge in [0, 0.05) is 0 Å². The molecule has 1 saturated carbocycles. The Bertz CT molecular complexity index is 520. The molecule has 2 aliphatic rings. The molecule has 2 heteroatoms. The van der Waals surface area contributed by atoms with Crippen LogP contribution < -0.4 is 4.74 Å². The van der Waals surface area contributed by atoms with E-state index in [1.807, 2.05) is 0 Å². The van der Waals surface area contributed by atoms with E-state index in [0.717, 1.165) is 25.0 Å². The van der Waals surface area contributed by atoms with Crippen LogP contribution in [0.1, 0.15) is 51.2 Å². The Labute approximate surface area is 122 Å². The van der Waals surface area contributed by atoms with E-state index < -0.39 is 0 Å². The minimum atomic E-state index is -0.166. The SMILES string of the molecule is COc1ccc2c(c1)CCC1C2(C)CCC(O)C1(C)C. The van der Waals surface area contributed by atoms with Crippen LogP contribution in [0.3, 0.4) is 0 Å². The highest BCUT2D eigenvalue weighted by Crippen LogP contribution is 2.57. The summed E-state index contributed by atoms with van der Waals surface area (Å²) in [6.45, 7) is 6.89. The molecule has 0 heterocycles. The number of hydrogen-bond donors (Lipinski definition) is 1. The van der Waals surface area contributed by atoms with Gasteiger partial charge in [-0.1, -0.05) is 26.8 Å². The largest absolute Gasteiger partial charge is 0.497 e. The molecule has 0 bridgehead atoms. The number of hydrogen-bond acceptors (Lipinski definition) is 2. The van der Waals surface area contributed by atoms with Crippen LogP contribution in [0.5, 0.6) is 5.75 Å².